The summed E-state index contributed by atoms with van der Waals surface area (Å²) < 4.78 is 10.0. The van der Waals surface area contributed by atoms with Crippen molar-refractivity contribution in [1.82, 2.24) is 20.1 Å². The van der Waals surface area contributed by atoms with Gasteiger partial charge < -0.3 is 14.6 Å². The molecule has 0 aromatic carbocycles. The summed E-state index contributed by atoms with van der Waals surface area (Å²) in [6.45, 7) is 4.82. The van der Waals surface area contributed by atoms with Crippen LogP contribution < -0.4 is 10.1 Å². The summed E-state index contributed by atoms with van der Waals surface area (Å²) >= 11 is 0. The van der Waals surface area contributed by atoms with E-state index in [1.807, 2.05) is 13.8 Å². The van der Waals surface area contributed by atoms with Crippen molar-refractivity contribution in [3.05, 3.63) is 24.1 Å². The Morgan fingerprint density at radius 3 is 2.94 bits per heavy atom. The van der Waals surface area contributed by atoms with E-state index in [0.717, 1.165) is 5.56 Å². The number of aromatic nitrogens is 4. The van der Waals surface area contributed by atoms with Gasteiger partial charge in [0.15, 0.2) is 5.82 Å². The second-order valence-electron chi connectivity index (χ2n) is 3.29. The molecular weight excluding hydrogens is 222 g/mol. The number of ether oxygens (including phenoxy) is 1. The molecule has 0 saturated carbocycles. The molecule has 0 radical (unpaired) electrons. The SMILES string of the molecule is CCOc1ncnc(NCc2ncon2)c1C. The molecular formula is C10H13N5O2. The molecule has 0 atom stereocenters. The normalized spacial score (nSPS) is 10.2. The van der Waals surface area contributed by atoms with E-state index in [9.17, 15) is 0 Å². The van der Waals surface area contributed by atoms with Crippen molar-refractivity contribution in [1.29, 1.82) is 0 Å². The predicted octanol–water partition coefficient (Wildman–Crippen LogP) is 1.18. The van der Waals surface area contributed by atoms with E-state index in [0.29, 0.717) is 30.7 Å². The van der Waals surface area contributed by atoms with Gasteiger partial charge in [0.05, 0.1) is 18.7 Å². The van der Waals surface area contributed by atoms with Crippen LogP contribution in [-0.2, 0) is 6.54 Å². The first kappa shape index (κ1) is 11.3. The maximum Gasteiger partial charge on any atom is 0.221 e. The third-order valence-corrected chi connectivity index (χ3v) is 2.14. The Labute approximate surface area is 98.2 Å². The zero-order valence-corrected chi connectivity index (χ0v) is 9.67. The average Bonchev–Trinajstić information content (AvgIpc) is 2.83. The molecule has 1 N–H and O–H groups in total. The molecule has 0 spiro atoms. The van der Waals surface area contributed by atoms with Gasteiger partial charge in [0.2, 0.25) is 12.3 Å². The lowest BCUT2D eigenvalue weighted by atomic mass is 10.3. The molecule has 7 heteroatoms. The summed E-state index contributed by atoms with van der Waals surface area (Å²) in [5, 5.41) is 6.79. The van der Waals surface area contributed by atoms with Gasteiger partial charge in [0, 0.05) is 0 Å². The van der Waals surface area contributed by atoms with Crippen LogP contribution in [0.4, 0.5) is 5.82 Å². The number of hydrogen-bond donors (Lipinski definition) is 1. The Morgan fingerprint density at radius 1 is 1.35 bits per heavy atom. The van der Waals surface area contributed by atoms with Gasteiger partial charge in [0.25, 0.3) is 0 Å². The van der Waals surface area contributed by atoms with E-state index < -0.39 is 0 Å². The van der Waals surface area contributed by atoms with Crippen molar-refractivity contribution < 1.29 is 9.26 Å². The van der Waals surface area contributed by atoms with Gasteiger partial charge in [-0.1, -0.05) is 5.16 Å². The van der Waals surface area contributed by atoms with Gasteiger partial charge in [0.1, 0.15) is 12.1 Å². The third kappa shape index (κ3) is 2.68. The van der Waals surface area contributed by atoms with Crippen LogP contribution in [0.3, 0.4) is 0 Å². The lowest BCUT2D eigenvalue weighted by Crippen LogP contribution is -2.07. The van der Waals surface area contributed by atoms with Crippen molar-refractivity contribution >= 4 is 5.82 Å². The van der Waals surface area contributed by atoms with Crippen LogP contribution in [0.25, 0.3) is 0 Å². The smallest absolute Gasteiger partial charge is 0.221 e. The van der Waals surface area contributed by atoms with Crippen molar-refractivity contribution in [2.75, 3.05) is 11.9 Å². The highest BCUT2D eigenvalue weighted by molar-refractivity contribution is 5.47. The van der Waals surface area contributed by atoms with Crippen LogP contribution in [-0.4, -0.2) is 26.7 Å². The number of anilines is 1. The molecule has 90 valence electrons. The van der Waals surface area contributed by atoms with E-state index >= 15 is 0 Å². The van der Waals surface area contributed by atoms with Crippen LogP contribution in [0, 0.1) is 6.92 Å². The van der Waals surface area contributed by atoms with E-state index in [1.165, 1.54) is 12.7 Å². The minimum absolute atomic E-state index is 0.444. The molecule has 0 unspecified atom stereocenters. The van der Waals surface area contributed by atoms with Crippen molar-refractivity contribution in [3.8, 4) is 5.88 Å². The van der Waals surface area contributed by atoms with Crippen LogP contribution in [0.5, 0.6) is 5.88 Å². The number of nitrogens with one attached hydrogen (secondary N) is 1. The Morgan fingerprint density at radius 2 is 2.24 bits per heavy atom. The molecule has 0 aliphatic rings. The number of hydrogen-bond acceptors (Lipinski definition) is 7. The van der Waals surface area contributed by atoms with E-state index in [2.05, 4.69) is 29.9 Å². The summed E-state index contributed by atoms with van der Waals surface area (Å²) in [6, 6.07) is 0. The van der Waals surface area contributed by atoms with Gasteiger partial charge >= 0.3 is 0 Å². The molecule has 2 rings (SSSR count). The zero-order valence-electron chi connectivity index (χ0n) is 9.67. The molecule has 0 saturated heterocycles. The summed E-state index contributed by atoms with van der Waals surface area (Å²) in [7, 11) is 0. The summed E-state index contributed by atoms with van der Waals surface area (Å²) in [6.07, 6.45) is 2.74. The van der Waals surface area contributed by atoms with Gasteiger partial charge in [-0.25, -0.2) is 9.97 Å². The molecule has 0 fully saturated rings. The topological polar surface area (TPSA) is 86.0 Å². The highest BCUT2D eigenvalue weighted by Gasteiger charge is 2.08. The fourth-order valence-electron chi connectivity index (χ4n) is 1.33. The Balaban J connectivity index is 2.07. The molecule has 0 aliphatic heterocycles. The molecule has 2 aromatic rings. The number of nitrogens with zero attached hydrogens (tertiary/aromatic N) is 4. The van der Waals surface area contributed by atoms with Crippen LogP contribution in [0.1, 0.15) is 18.3 Å². The Hall–Kier alpha value is -2.18. The summed E-state index contributed by atoms with van der Waals surface area (Å²) in [5.74, 6) is 1.85. The molecule has 0 aliphatic carbocycles. The second-order valence-corrected chi connectivity index (χ2v) is 3.29. The quantitative estimate of drug-likeness (QED) is 0.832. The predicted molar refractivity (Wildman–Crippen MR) is 59.6 cm³/mol. The van der Waals surface area contributed by atoms with E-state index in [1.54, 1.807) is 0 Å². The molecule has 7 nitrogen and oxygen atoms in total. The molecule has 17 heavy (non-hydrogen) atoms. The average molecular weight is 235 g/mol. The Bertz CT molecular complexity index is 472. The first-order chi connectivity index (χ1) is 8.31. The van der Waals surface area contributed by atoms with Crippen LogP contribution in [0.2, 0.25) is 0 Å². The van der Waals surface area contributed by atoms with Crippen molar-refractivity contribution in [3.63, 3.8) is 0 Å². The zero-order chi connectivity index (χ0) is 12.1. The molecule has 2 heterocycles. The highest BCUT2D eigenvalue weighted by Crippen LogP contribution is 2.20. The molecule has 0 bridgehead atoms. The monoisotopic (exact) mass is 235 g/mol. The fraction of sp³-hybridized carbons (Fsp3) is 0.400. The van der Waals surface area contributed by atoms with Crippen LogP contribution >= 0.6 is 0 Å². The standard InChI is InChI=1S/C10H13N5O2/c1-3-16-10-7(2)9(12-5-13-10)11-4-8-14-6-17-15-8/h5-6H,3-4H2,1-2H3,(H,11,12,13). The first-order valence-electron chi connectivity index (χ1n) is 5.24. The van der Waals surface area contributed by atoms with Crippen LogP contribution in [0.15, 0.2) is 17.2 Å². The van der Waals surface area contributed by atoms with Gasteiger partial charge in [-0.3, -0.25) is 0 Å². The molecule has 0 amide bonds. The number of rotatable bonds is 5. The first-order valence-corrected chi connectivity index (χ1v) is 5.24. The largest absolute Gasteiger partial charge is 0.478 e. The maximum absolute atomic E-state index is 5.37. The lowest BCUT2D eigenvalue weighted by Gasteiger charge is -2.09. The third-order valence-electron chi connectivity index (χ3n) is 2.14. The van der Waals surface area contributed by atoms with Gasteiger partial charge in [-0.15, -0.1) is 0 Å². The van der Waals surface area contributed by atoms with Crippen molar-refractivity contribution in [2.45, 2.75) is 20.4 Å². The molecule has 2 aromatic heterocycles. The summed E-state index contributed by atoms with van der Waals surface area (Å²) in [5.41, 5.74) is 0.859. The second kappa shape index (κ2) is 5.24. The minimum Gasteiger partial charge on any atom is -0.478 e. The fourth-order valence-corrected chi connectivity index (χ4v) is 1.33. The minimum atomic E-state index is 0.444. The van der Waals surface area contributed by atoms with E-state index in [4.69, 9.17) is 4.74 Å². The Kier molecular flexibility index (Phi) is 3.49. The maximum atomic E-state index is 5.37. The van der Waals surface area contributed by atoms with E-state index in [-0.39, 0.29) is 0 Å². The highest BCUT2D eigenvalue weighted by atomic mass is 16.5. The van der Waals surface area contributed by atoms with Gasteiger partial charge in [-0.05, 0) is 13.8 Å². The summed E-state index contributed by atoms with van der Waals surface area (Å²) in [4.78, 5) is 12.1. The lowest BCUT2D eigenvalue weighted by molar-refractivity contribution is 0.324. The van der Waals surface area contributed by atoms with Gasteiger partial charge in [-0.2, -0.15) is 4.98 Å². The van der Waals surface area contributed by atoms with Crippen molar-refractivity contribution in [2.24, 2.45) is 0 Å².